The van der Waals surface area contributed by atoms with Gasteiger partial charge in [0.15, 0.2) is 11.6 Å². The Morgan fingerprint density at radius 3 is 2.90 bits per heavy atom. The van der Waals surface area contributed by atoms with E-state index in [9.17, 15) is 4.79 Å². The summed E-state index contributed by atoms with van der Waals surface area (Å²) in [5, 5.41) is 4.07. The molecule has 0 saturated carbocycles. The number of methoxy groups -OCH3 is 1. The number of hydrogen-bond donors (Lipinski definition) is 2. The number of hydrogen-bond acceptors (Lipinski definition) is 5. The molecule has 0 aliphatic rings. The zero-order valence-electron chi connectivity index (χ0n) is 16.1. The minimum Gasteiger partial charge on any atom is -0.491 e. The molecule has 2 aromatic heterocycles. The molecule has 29 heavy (non-hydrogen) atoms. The molecule has 7 nitrogen and oxygen atoms in total. The highest BCUT2D eigenvalue weighted by atomic mass is 16.5. The van der Waals surface area contributed by atoms with Crippen LogP contribution in [0.1, 0.15) is 21.6 Å². The van der Waals surface area contributed by atoms with Crippen molar-refractivity contribution in [1.82, 2.24) is 14.5 Å². The van der Waals surface area contributed by atoms with E-state index in [1.54, 1.807) is 25.4 Å². The van der Waals surface area contributed by atoms with Crippen molar-refractivity contribution in [2.75, 3.05) is 12.4 Å². The number of amides is 1. The third-order valence-corrected chi connectivity index (χ3v) is 4.69. The fraction of sp³-hybridized carbons (Fsp3) is 0.136. The van der Waals surface area contributed by atoms with E-state index in [1.807, 2.05) is 47.9 Å². The van der Waals surface area contributed by atoms with E-state index in [0.717, 1.165) is 22.2 Å². The van der Waals surface area contributed by atoms with Crippen molar-refractivity contribution in [3.63, 3.8) is 0 Å². The number of ether oxygens (including phenoxy) is 1. The maximum Gasteiger partial charge on any atom is 0.249 e. The molecule has 4 rings (SSSR count). The number of carbonyl (C=O) groups is 1. The Balaban J connectivity index is 1.77. The van der Waals surface area contributed by atoms with Crippen LogP contribution in [0.15, 0.2) is 54.7 Å². The van der Waals surface area contributed by atoms with Gasteiger partial charge in [0.05, 0.1) is 18.8 Å². The maximum atomic E-state index is 11.8. The first-order valence-corrected chi connectivity index (χ1v) is 9.09. The van der Waals surface area contributed by atoms with Gasteiger partial charge in [-0.1, -0.05) is 24.3 Å². The standard InChI is InChI=1S/C22H20N5O2/c1-14-11-17-16(20(23)28)9-6-10-18(17)27(14)22-25-13-19(29-2)21(26-22)24-12-15-7-4-3-5-8-15/h3-4,6-11,13H,12H2,1-2H3,(H2,23,28)(H,24,25,26). The molecule has 3 N–H and O–H groups in total. The SMILES string of the molecule is COc1cnc(-n2c(C)cc3c(C(N)=O)cccc32)nc1NCc1c[c]ccc1. The minimum absolute atomic E-state index is 0.467. The van der Waals surface area contributed by atoms with Gasteiger partial charge >= 0.3 is 0 Å². The third kappa shape index (κ3) is 3.50. The Labute approximate surface area is 168 Å². The van der Waals surface area contributed by atoms with Crippen LogP contribution in [0, 0.1) is 13.0 Å². The lowest BCUT2D eigenvalue weighted by atomic mass is 10.1. The van der Waals surface area contributed by atoms with Gasteiger partial charge in [-0.3, -0.25) is 9.36 Å². The molecule has 145 valence electrons. The van der Waals surface area contributed by atoms with Crippen LogP contribution < -0.4 is 15.8 Å². The Morgan fingerprint density at radius 1 is 1.31 bits per heavy atom. The quantitative estimate of drug-likeness (QED) is 0.530. The summed E-state index contributed by atoms with van der Waals surface area (Å²) in [6.07, 6.45) is 1.63. The number of nitrogens with one attached hydrogen (secondary N) is 1. The second-order valence-corrected chi connectivity index (χ2v) is 6.58. The first kappa shape index (κ1) is 18.5. The van der Waals surface area contributed by atoms with Crippen LogP contribution in [-0.4, -0.2) is 27.6 Å². The fourth-order valence-corrected chi connectivity index (χ4v) is 3.31. The zero-order chi connectivity index (χ0) is 20.4. The topological polar surface area (TPSA) is 95.1 Å². The molecule has 7 heteroatoms. The van der Waals surface area contributed by atoms with Gasteiger partial charge in [-0.2, -0.15) is 4.98 Å². The van der Waals surface area contributed by atoms with Gasteiger partial charge in [-0.25, -0.2) is 4.98 Å². The third-order valence-electron chi connectivity index (χ3n) is 4.69. The van der Waals surface area contributed by atoms with Crippen LogP contribution in [0.4, 0.5) is 5.82 Å². The number of carbonyl (C=O) groups excluding carboxylic acids is 1. The van der Waals surface area contributed by atoms with Gasteiger partial charge in [0, 0.05) is 23.2 Å². The molecule has 0 fully saturated rings. The van der Waals surface area contributed by atoms with E-state index >= 15 is 0 Å². The average Bonchev–Trinajstić information content (AvgIpc) is 3.08. The molecule has 4 aromatic rings. The molecular formula is C22H20N5O2. The number of nitrogens with zero attached hydrogens (tertiary/aromatic N) is 3. The van der Waals surface area contributed by atoms with Gasteiger partial charge in [0.1, 0.15) is 0 Å². The van der Waals surface area contributed by atoms with Gasteiger partial charge in [-0.05, 0) is 42.8 Å². The highest BCUT2D eigenvalue weighted by Gasteiger charge is 2.16. The Kier molecular flexibility index (Phi) is 4.87. The molecule has 1 amide bonds. The maximum absolute atomic E-state index is 11.8. The second kappa shape index (κ2) is 7.63. The number of fused-ring (bicyclic) bond motifs is 1. The molecule has 2 heterocycles. The van der Waals surface area contributed by atoms with E-state index in [2.05, 4.69) is 21.4 Å². The number of rotatable bonds is 6. The summed E-state index contributed by atoms with van der Waals surface area (Å²) < 4.78 is 7.30. The van der Waals surface area contributed by atoms with E-state index in [4.69, 9.17) is 10.5 Å². The summed E-state index contributed by atoms with van der Waals surface area (Å²) in [7, 11) is 1.58. The molecule has 0 aliphatic carbocycles. The van der Waals surface area contributed by atoms with Crippen molar-refractivity contribution in [3.05, 3.63) is 77.6 Å². The van der Waals surface area contributed by atoms with E-state index in [0.29, 0.717) is 29.6 Å². The molecule has 2 aromatic carbocycles. The molecule has 0 spiro atoms. The summed E-state index contributed by atoms with van der Waals surface area (Å²) in [5.41, 5.74) is 8.77. The Bertz CT molecular complexity index is 1180. The summed E-state index contributed by atoms with van der Waals surface area (Å²) >= 11 is 0. The minimum atomic E-state index is -0.467. The molecule has 1 radical (unpaired) electrons. The number of anilines is 1. The number of aromatic nitrogens is 3. The highest BCUT2D eigenvalue weighted by Crippen LogP contribution is 2.28. The first-order valence-electron chi connectivity index (χ1n) is 9.09. The van der Waals surface area contributed by atoms with Crippen molar-refractivity contribution in [2.45, 2.75) is 13.5 Å². The number of aryl methyl sites for hydroxylation is 1. The molecular weight excluding hydrogens is 366 g/mol. The largest absolute Gasteiger partial charge is 0.491 e. The first-order chi connectivity index (χ1) is 14.1. The van der Waals surface area contributed by atoms with Crippen LogP contribution in [0.5, 0.6) is 5.75 Å². The van der Waals surface area contributed by atoms with E-state index in [1.165, 1.54) is 0 Å². The average molecular weight is 386 g/mol. The van der Waals surface area contributed by atoms with Gasteiger partial charge < -0.3 is 15.8 Å². The summed E-state index contributed by atoms with van der Waals surface area (Å²) in [4.78, 5) is 20.9. The van der Waals surface area contributed by atoms with Crippen LogP contribution in [0.3, 0.4) is 0 Å². The summed E-state index contributed by atoms with van der Waals surface area (Å²) in [6, 6.07) is 18.1. The number of nitrogens with two attached hydrogens (primary N) is 1. The number of benzene rings is 2. The molecule has 0 atom stereocenters. The van der Waals surface area contributed by atoms with Gasteiger partial charge in [0.25, 0.3) is 0 Å². The van der Waals surface area contributed by atoms with Crippen molar-refractivity contribution >= 4 is 22.6 Å². The van der Waals surface area contributed by atoms with E-state index < -0.39 is 5.91 Å². The smallest absolute Gasteiger partial charge is 0.249 e. The predicted octanol–water partition coefficient (Wildman–Crippen LogP) is 3.25. The Morgan fingerprint density at radius 2 is 2.17 bits per heavy atom. The van der Waals surface area contributed by atoms with Crippen molar-refractivity contribution < 1.29 is 9.53 Å². The van der Waals surface area contributed by atoms with Crippen LogP contribution in [0.25, 0.3) is 16.9 Å². The van der Waals surface area contributed by atoms with Gasteiger partial charge in [0.2, 0.25) is 11.9 Å². The van der Waals surface area contributed by atoms with Crippen molar-refractivity contribution in [3.8, 4) is 11.7 Å². The zero-order valence-corrected chi connectivity index (χ0v) is 16.1. The Hall–Kier alpha value is -3.87. The molecule has 0 saturated heterocycles. The van der Waals surface area contributed by atoms with Crippen LogP contribution in [0.2, 0.25) is 0 Å². The summed E-state index contributed by atoms with van der Waals surface area (Å²) in [6.45, 7) is 2.51. The fourth-order valence-electron chi connectivity index (χ4n) is 3.31. The van der Waals surface area contributed by atoms with Gasteiger partial charge in [-0.15, -0.1) is 0 Å². The molecule has 0 bridgehead atoms. The lowest BCUT2D eigenvalue weighted by Gasteiger charge is -2.13. The van der Waals surface area contributed by atoms with Crippen LogP contribution >= 0.6 is 0 Å². The number of primary amides is 1. The second-order valence-electron chi connectivity index (χ2n) is 6.58. The van der Waals surface area contributed by atoms with Crippen LogP contribution in [-0.2, 0) is 6.54 Å². The van der Waals surface area contributed by atoms with Crippen molar-refractivity contribution in [1.29, 1.82) is 0 Å². The predicted molar refractivity (Wildman–Crippen MR) is 111 cm³/mol. The lowest BCUT2D eigenvalue weighted by molar-refractivity contribution is 0.100. The van der Waals surface area contributed by atoms with E-state index in [-0.39, 0.29) is 0 Å². The molecule has 0 unspecified atom stereocenters. The lowest BCUT2D eigenvalue weighted by Crippen LogP contribution is -2.11. The summed E-state index contributed by atoms with van der Waals surface area (Å²) in [5.74, 6) is 1.13. The van der Waals surface area contributed by atoms with Crippen molar-refractivity contribution in [2.24, 2.45) is 5.73 Å². The highest BCUT2D eigenvalue weighted by molar-refractivity contribution is 6.06. The molecule has 0 aliphatic heterocycles. The normalized spacial score (nSPS) is 10.8. The monoisotopic (exact) mass is 386 g/mol.